The molecule has 1 amide bonds. The summed E-state index contributed by atoms with van der Waals surface area (Å²) in [5.41, 5.74) is 5.65. The Hall–Kier alpha value is -3.50. The summed E-state index contributed by atoms with van der Waals surface area (Å²) in [4.78, 5) is 24.8. The van der Waals surface area contributed by atoms with E-state index in [-0.39, 0.29) is 17.9 Å². The molecule has 1 unspecified atom stereocenters. The first kappa shape index (κ1) is 21.1. The van der Waals surface area contributed by atoms with Gasteiger partial charge in [-0.05, 0) is 36.6 Å². The Kier molecular flexibility index (Phi) is 4.49. The van der Waals surface area contributed by atoms with E-state index in [1.54, 1.807) is 24.3 Å². The van der Waals surface area contributed by atoms with Crippen molar-refractivity contribution in [2.24, 2.45) is 5.73 Å². The van der Waals surface area contributed by atoms with Crippen LogP contribution in [0.4, 0.5) is 8.78 Å². The maximum atomic E-state index is 13.7. The molecule has 1 atom stereocenters. The van der Waals surface area contributed by atoms with Gasteiger partial charge in [0.25, 0.3) is 6.43 Å². The van der Waals surface area contributed by atoms with Crippen LogP contribution in [-0.4, -0.2) is 39.2 Å². The van der Waals surface area contributed by atoms with E-state index in [0.717, 1.165) is 0 Å². The van der Waals surface area contributed by atoms with E-state index in [1.807, 2.05) is 0 Å². The second-order valence-electron chi connectivity index (χ2n) is 8.95. The number of aromatic nitrogens is 3. The molecule has 4 aromatic rings. The van der Waals surface area contributed by atoms with Gasteiger partial charge in [0.2, 0.25) is 11.8 Å². The van der Waals surface area contributed by atoms with Crippen molar-refractivity contribution in [3.05, 3.63) is 53.6 Å². The van der Waals surface area contributed by atoms with Gasteiger partial charge in [0, 0.05) is 36.2 Å². The number of aliphatic hydroxyl groups is 1. The molecule has 1 aromatic carbocycles. The molecule has 1 saturated heterocycles. The zero-order valence-corrected chi connectivity index (χ0v) is 17.9. The summed E-state index contributed by atoms with van der Waals surface area (Å²) in [5.74, 6) is -0.312. The number of primary amides is 1. The summed E-state index contributed by atoms with van der Waals surface area (Å²) in [5, 5.41) is 11.4. The number of oxazole rings is 1. The van der Waals surface area contributed by atoms with Crippen molar-refractivity contribution >= 4 is 27.8 Å². The molecule has 1 saturated carbocycles. The van der Waals surface area contributed by atoms with Gasteiger partial charge in [-0.25, -0.2) is 13.8 Å². The third kappa shape index (κ3) is 3.09. The molecule has 1 aliphatic heterocycles. The van der Waals surface area contributed by atoms with E-state index >= 15 is 0 Å². The second kappa shape index (κ2) is 7.25. The van der Waals surface area contributed by atoms with E-state index in [1.165, 1.54) is 12.4 Å². The maximum Gasteiger partial charge on any atom is 0.281 e. The summed E-state index contributed by atoms with van der Waals surface area (Å²) >= 11 is 0. The van der Waals surface area contributed by atoms with Gasteiger partial charge in [0.05, 0.1) is 23.3 Å². The molecule has 174 valence electrons. The monoisotopic (exact) mass is 466 g/mol. The molecular weight excluding hydrogens is 446 g/mol. The van der Waals surface area contributed by atoms with Crippen molar-refractivity contribution in [1.82, 2.24) is 15.0 Å². The first-order chi connectivity index (χ1) is 16.3. The number of alkyl halides is 2. The topological polar surface area (TPSA) is 124 Å². The molecule has 1 aliphatic carbocycles. The van der Waals surface area contributed by atoms with Crippen LogP contribution in [0.1, 0.15) is 42.6 Å². The SMILES string of the molecule is NC(=O)C1(c2cc3c(-c4nc5ccc(C6(O)CCOC6)cc5o4)cnc(C(F)F)c3cn2)CC1. The van der Waals surface area contributed by atoms with Crippen LogP contribution >= 0.6 is 0 Å². The van der Waals surface area contributed by atoms with Gasteiger partial charge in [-0.2, -0.15) is 0 Å². The van der Waals surface area contributed by atoms with Crippen LogP contribution in [0.3, 0.4) is 0 Å². The Morgan fingerprint density at radius 1 is 1.12 bits per heavy atom. The highest BCUT2D eigenvalue weighted by molar-refractivity contribution is 5.98. The first-order valence-corrected chi connectivity index (χ1v) is 10.9. The molecule has 4 heterocycles. The number of nitrogens with two attached hydrogens (primary N) is 1. The molecule has 2 fully saturated rings. The van der Waals surface area contributed by atoms with Crippen LogP contribution in [0.15, 0.2) is 41.1 Å². The van der Waals surface area contributed by atoms with E-state index in [9.17, 15) is 18.7 Å². The highest BCUT2D eigenvalue weighted by Crippen LogP contribution is 2.48. The van der Waals surface area contributed by atoms with Gasteiger partial charge in [0.1, 0.15) is 16.8 Å². The smallest absolute Gasteiger partial charge is 0.281 e. The van der Waals surface area contributed by atoms with E-state index in [4.69, 9.17) is 14.9 Å². The lowest BCUT2D eigenvalue weighted by Gasteiger charge is -2.20. The summed E-state index contributed by atoms with van der Waals surface area (Å²) in [6.45, 7) is 0.661. The number of amides is 1. The Labute approximate surface area is 191 Å². The molecule has 0 spiro atoms. The fraction of sp³-hybridized carbons (Fsp3) is 0.333. The number of hydrogen-bond donors (Lipinski definition) is 2. The Morgan fingerprint density at radius 3 is 2.62 bits per heavy atom. The van der Waals surface area contributed by atoms with Gasteiger partial charge >= 0.3 is 0 Å². The van der Waals surface area contributed by atoms with Crippen LogP contribution < -0.4 is 5.73 Å². The van der Waals surface area contributed by atoms with Crippen molar-refractivity contribution in [1.29, 1.82) is 0 Å². The molecule has 8 nitrogen and oxygen atoms in total. The fourth-order valence-electron chi connectivity index (χ4n) is 4.63. The second-order valence-corrected chi connectivity index (χ2v) is 8.95. The van der Waals surface area contributed by atoms with Gasteiger partial charge in [0.15, 0.2) is 5.58 Å². The standard InChI is InChI=1S/C24H20F2N4O4/c25-20(26)19-14-9-28-18(23(3-4-23)22(27)31)8-13(14)15(10-29-19)21-30-16-2-1-12(7-17(16)34-21)24(32)5-6-33-11-24/h1-2,7-10,20,32H,3-6,11H2,(H2,27,31). The largest absolute Gasteiger partial charge is 0.436 e. The number of benzene rings is 1. The van der Waals surface area contributed by atoms with Crippen molar-refractivity contribution in [3.63, 3.8) is 0 Å². The van der Waals surface area contributed by atoms with Gasteiger partial charge in [-0.3, -0.25) is 14.8 Å². The summed E-state index contributed by atoms with van der Waals surface area (Å²) in [6, 6.07) is 6.82. The highest BCUT2D eigenvalue weighted by Gasteiger charge is 2.51. The minimum absolute atomic E-state index is 0.150. The van der Waals surface area contributed by atoms with Crippen LogP contribution in [-0.2, 0) is 20.5 Å². The summed E-state index contributed by atoms with van der Waals surface area (Å²) in [6.07, 6.45) is 1.38. The molecule has 2 aliphatic rings. The molecule has 0 bridgehead atoms. The lowest BCUT2D eigenvalue weighted by molar-refractivity contribution is -0.120. The quantitative estimate of drug-likeness (QED) is 0.461. The zero-order valence-electron chi connectivity index (χ0n) is 17.9. The predicted octanol–water partition coefficient (Wildman–Crippen LogP) is 3.50. The van der Waals surface area contributed by atoms with Gasteiger partial charge in [-0.15, -0.1) is 0 Å². The fourth-order valence-corrected chi connectivity index (χ4v) is 4.63. The maximum absolute atomic E-state index is 13.7. The number of pyridine rings is 2. The average Bonchev–Trinajstić information content (AvgIpc) is 3.35. The molecule has 34 heavy (non-hydrogen) atoms. The van der Waals surface area contributed by atoms with E-state index in [0.29, 0.717) is 59.2 Å². The number of halogens is 2. The predicted molar refractivity (Wildman–Crippen MR) is 117 cm³/mol. The highest BCUT2D eigenvalue weighted by atomic mass is 19.3. The summed E-state index contributed by atoms with van der Waals surface area (Å²) < 4.78 is 38.7. The van der Waals surface area contributed by atoms with Crippen molar-refractivity contribution in [2.75, 3.05) is 13.2 Å². The van der Waals surface area contributed by atoms with Crippen LogP contribution in [0.2, 0.25) is 0 Å². The van der Waals surface area contributed by atoms with E-state index in [2.05, 4.69) is 15.0 Å². The number of carbonyl (C=O) groups is 1. The molecule has 3 N–H and O–H groups in total. The molecular formula is C24H20F2N4O4. The third-order valence-electron chi connectivity index (χ3n) is 6.88. The first-order valence-electron chi connectivity index (χ1n) is 10.9. The molecule has 3 aromatic heterocycles. The number of rotatable bonds is 5. The average molecular weight is 466 g/mol. The summed E-state index contributed by atoms with van der Waals surface area (Å²) in [7, 11) is 0. The normalized spacial score (nSPS) is 21.5. The minimum Gasteiger partial charge on any atom is -0.436 e. The van der Waals surface area contributed by atoms with Crippen LogP contribution in [0, 0.1) is 0 Å². The number of carbonyl (C=O) groups excluding carboxylic acids is 1. The lowest BCUT2D eigenvalue weighted by Crippen LogP contribution is -2.29. The van der Waals surface area contributed by atoms with Gasteiger partial charge in [-0.1, -0.05) is 6.07 Å². The van der Waals surface area contributed by atoms with Gasteiger partial charge < -0.3 is 20.0 Å². The minimum atomic E-state index is -2.81. The lowest BCUT2D eigenvalue weighted by atomic mass is 9.93. The van der Waals surface area contributed by atoms with E-state index < -0.39 is 29.0 Å². The molecule has 10 heteroatoms. The Balaban J connectivity index is 1.52. The third-order valence-corrected chi connectivity index (χ3v) is 6.88. The Morgan fingerprint density at radius 2 is 1.94 bits per heavy atom. The number of fused-ring (bicyclic) bond motifs is 2. The van der Waals surface area contributed by atoms with Crippen molar-refractivity contribution < 1.29 is 27.8 Å². The Bertz CT molecular complexity index is 1460. The number of hydrogen-bond acceptors (Lipinski definition) is 7. The number of ether oxygens (including phenoxy) is 1. The van der Waals surface area contributed by atoms with Crippen molar-refractivity contribution in [3.8, 4) is 11.5 Å². The van der Waals surface area contributed by atoms with Crippen molar-refractivity contribution in [2.45, 2.75) is 36.7 Å². The molecule has 0 radical (unpaired) electrons. The van der Waals surface area contributed by atoms with Crippen LogP contribution in [0.5, 0.6) is 0 Å². The number of nitrogens with zero attached hydrogens (tertiary/aromatic N) is 3. The van der Waals surface area contributed by atoms with Crippen LogP contribution in [0.25, 0.3) is 33.3 Å². The molecule has 6 rings (SSSR count). The zero-order chi connectivity index (χ0) is 23.7.